The van der Waals surface area contributed by atoms with E-state index in [-0.39, 0.29) is 22.9 Å². The Kier molecular flexibility index (Phi) is 6.94. The van der Waals surface area contributed by atoms with Crippen molar-refractivity contribution in [2.45, 2.75) is 11.1 Å². The van der Waals surface area contributed by atoms with E-state index < -0.39 is 50.7 Å². The molecule has 0 saturated heterocycles. The van der Waals surface area contributed by atoms with Crippen molar-refractivity contribution in [2.24, 2.45) is 9.98 Å². The Labute approximate surface area is 183 Å². The van der Waals surface area contributed by atoms with E-state index in [4.69, 9.17) is 0 Å². The Morgan fingerprint density at radius 1 is 0.500 bits per heavy atom. The van der Waals surface area contributed by atoms with Gasteiger partial charge in [-0.3, -0.25) is 9.98 Å². The van der Waals surface area contributed by atoms with Crippen LogP contribution in [0, 0.1) is 0 Å². The van der Waals surface area contributed by atoms with Gasteiger partial charge in [-0.1, -0.05) is 12.1 Å². The third-order valence-electron chi connectivity index (χ3n) is 5.49. The van der Waals surface area contributed by atoms with Crippen molar-refractivity contribution >= 4 is 11.4 Å². The van der Waals surface area contributed by atoms with E-state index in [1.165, 1.54) is 24.3 Å². The molecule has 172 valence electrons. The highest BCUT2D eigenvalue weighted by Crippen LogP contribution is 2.38. The Morgan fingerprint density at radius 2 is 0.812 bits per heavy atom. The molecule has 10 nitrogen and oxygen atoms in total. The van der Waals surface area contributed by atoms with Gasteiger partial charge in [0.25, 0.3) is 0 Å². The molecule has 1 aliphatic rings. The third kappa shape index (κ3) is 4.11. The minimum absolute atomic E-state index is 0.0193. The van der Waals surface area contributed by atoms with E-state index in [1.807, 2.05) is 0 Å². The minimum Gasteiger partial charge on any atom is -0.508 e. The molecule has 3 rings (SSSR count). The number of aliphatic hydroxyl groups is 6. The number of fused-ring (bicyclic) bond motifs is 3. The fraction of sp³-hybridized carbons (Fsp3) is 0.364. The highest BCUT2D eigenvalue weighted by atomic mass is 16.3. The fourth-order valence-electron chi connectivity index (χ4n) is 3.39. The molecule has 1 aliphatic carbocycles. The maximum atomic E-state index is 10.1. The Balaban J connectivity index is 2.46. The molecular weight excluding hydrogens is 420 g/mol. The van der Waals surface area contributed by atoms with Crippen molar-refractivity contribution < 1.29 is 40.9 Å². The standard InChI is InChI=1S/C22H26N2O8/c25-7-21(8-26,9-27)23-19-17-5-13(31)1-3-15(17)16-4-2-14(32)6-18(16)20(19)24-22(10-28,11-29)12-30/h1-6,25-32H,7-12H2/b23-19+,24-20?. The van der Waals surface area contributed by atoms with Crippen molar-refractivity contribution in [3.8, 4) is 22.6 Å². The highest BCUT2D eigenvalue weighted by Gasteiger charge is 2.36. The van der Waals surface area contributed by atoms with Gasteiger partial charge >= 0.3 is 0 Å². The zero-order valence-corrected chi connectivity index (χ0v) is 17.2. The second-order valence-electron chi connectivity index (χ2n) is 7.78. The second kappa shape index (κ2) is 9.33. The summed E-state index contributed by atoms with van der Waals surface area (Å²) in [5.41, 5.74) is -1.55. The lowest BCUT2D eigenvalue weighted by Crippen LogP contribution is -2.44. The average molecular weight is 446 g/mol. The van der Waals surface area contributed by atoms with Gasteiger partial charge in [-0.2, -0.15) is 0 Å². The largest absolute Gasteiger partial charge is 0.508 e. The van der Waals surface area contributed by atoms with Crippen LogP contribution >= 0.6 is 0 Å². The van der Waals surface area contributed by atoms with Gasteiger partial charge in [-0.05, 0) is 35.4 Å². The number of phenolic OH excluding ortho intramolecular Hbond substituents is 2. The van der Waals surface area contributed by atoms with Crippen LogP contribution in [-0.4, -0.2) is 103 Å². The quantitative estimate of drug-likeness (QED) is 0.248. The first kappa shape index (κ1) is 23.8. The summed E-state index contributed by atoms with van der Waals surface area (Å²) in [6, 6.07) is 8.90. The van der Waals surface area contributed by atoms with Crippen LogP contribution in [0.1, 0.15) is 11.1 Å². The van der Waals surface area contributed by atoms with Gasteiger partial charge in [-0.25, -0.2) is 0 Å². The Bertz CT molecular complexity index is 942. The molecule has 2 aromatic carbocycles. The summed E-state index contributed by atoms with van der Waals surface area (Å²) >= 11 is 0. The summed E-state index contributed by atoms with van der Waals surface area (Å²) in [4.78, 5) is 8.80. The van der Waals surface area contributed by atoms with Crippen LogP contribution in [-0.2, 0) is 0 Å². The molecule has 0 atom stereocenters. The molecule has 0 heterocycles. The van der Waals surface area contributed by atoms with Gasteiger partial charge in [0.05, 0.1) is 51.1 Å². The lowest BCUT2D eigenvalue weighted by Gasteiger charge is -2.31. The van der Waals surface area contributed by atoms with Crippen LogP contribution in [0.25, 0.3) is 11.1 Å². The van der Waals surface area contributed by atoms with Crippen LogP contribution in [0.2, 0.25) is 0 Å². The summed E-state index contributed by atoms with van der Waals surface area (Å²) in [6.45, 7) is -4.32. The van der Waals surface area contributed by atoms with E-state index in [0.29, 0.717) is 22.3 Å². The van der Waals surface area contributed by atoms with Crippen LogP contribution in [0.15, 0.2) is 46.4 Å². The molecule has 0 spiro atoms. The lowest BCUT2D eigenvalue weighted by molar-refractivity contribution is 0.0705. The maximum Gasteiger partial charge on any atom is 0.130 e. The lowest BCUT2D eigenvalue weighted by atomic mass is 9.81. The van der Waals surface area contributed by atoms with Crippen molar-refractivity contribution in [3.05, 3.63) is 47.5 Å². The SMILES string of the molecule is OCC(CO)(CO)N=C1/C(=N/C(CO)(CO)CO)c2cc(O)ccc2-c2ccc(O)cc21. The minimum atomic E-state index is -1.71. The zero-order chi connectivity index (χ0) is 23.5. The van der Waals surface area contributed by atoms with E-state index in [1.54, 1.807) is 12.1 Å². The number of hydrogen-bond donors (Lipinski definition) is 8. The van der Waals surface area contributed by atoms with Crippen LogP contribution in [0.3, 0.4) is 0 Å². The summed E-state index contributed by atoms with van der Waals surface area (Å²) in [5.74, 6) is -0.225. The zero-order valence-electron chi connectivity index (χ0n) is 17.2. The Hall–Kier alpha value is -2.86. The summed E-state index contributed by atoms with van der Waals surface area (Å²) in [5, 5.41) is 79.2. The first-order valence-corrected chi connectivity index (χ1v) is 9.84. The molecule has 2 aromatic rings. The predicted octanol–water partition coefficient (Wildman–Crippen LogP) is -1.21. The third-order valence-corrected chi connectivity index (χ3v) is 5.49. The smallest absolute Gasteiger partial charge is 0.130 e. The maximum absolute atomic E-state index is 10.1. The second-order valence-corrected chi connectivity index (χ2v) is 7.78. The number of benzene rings is 2. The number of aliphatic imine (C=N–C) groups is 2. The molecule has 0 saturated carbocycles. The number of nitrogens with zero attached hydrogens (tertiary/aromatic N) is 2. The summed E-state index contributed by atoms with van der Waals surface area (Å²) in [7, 11) is 0. The van der Waals surface area contributed by atoms with Crippen molar-refractivity contribution in [2.75, 3.05) is 39.6 Å². The van der Waals surface area contributed by atoms with Crippen molar-refractivity contribution in [3.63, 3.8) is 0 Å². The molecule has 8 N–H and O–H groups in total. The number of rotatable bonds is 8. The van der Waals surface area contributed by atoms with Gasteiger partial charge in [0.1, 0.15) is 22.6 Å². The van der Waals surface area contributed by atoms with Gasteiger partial charge in [0.2, 0.25) is 0 Å². The summed E-state index contributed by atoms with van der Waals surface area (Å²) < 4.78 is 0. The molecule has 10 heteroatoms. The molecule has 0 aliphatic heterocycles. The number of phenols is 2. The first-order valence-electron chi connectivity index (χ1n) is 9.84. The number of aromatic hydroxyl groups is 2. The van der Waals surface area contributed by atoms with Gasteiger partial charge in [0.15, 0.2) is 0 Å². The molecule has 0 amide bonds. The topological polar surface area (TPSA) is 187 Å². The molecule has 32 heavy (non-hydrogen) atoms. The number of aliphatic hydroxyl groups excluding tert-OH is 6. The fourth-order valence-corrected chi connectivity index (χ4v) is 3.39. The van der Waals surface area contributed by atoms with Crippen LogP contribution in [0.4, 0.5) is 0 Å². The van der Waals surface area contributed by atoms with Crippen LogP contribution < -0.4 is 0 Å². The van der Waals surface area contributed by atoms with Gasteiger partial charge in [0, 0.05) is 11.1 Å². The molecular formula is C22H26N2O8. The van der Waals surface area contributed by atoms with E-state index in [9.17, 15) is 40.9 Å². The average Bonchev–Trinajstić information content (AvgIpc) is 2.82. The number of hydrogen-bond acceptors (Lipinski definition) is 10. The highest BCUT2D eigenvalue weighted by molar-refractivity contribution is 6.57. The van der Waals surface area contributed by atoms with Crippen LogP contribution in [0.5, 0.6) is 11.5 Å². The Morgan fingerprint density at radius 3 is 1.09 bits per heavy atom. The van der Waals surface area contributed by atoms with Crippen molar-refractivity contribution in [1.82, 2.24) is 0 Å². The summed E-state index contributed by atoms with van der Waals surface area (Å²) in [6.07, 6.45) is 0. The predicted molar refractivity (Wildman–Crippen MR) is 116 cm³/mol. The monoisotopic (exact) mass is 446 g/mol. The molecule has 0 radical (unpaired) electrons. The molecule has 0 fully saturated rings. The normalized spacial score (nSPS) is 16.3. The van der Waals surface area contributed by atoms with Crippen molar-refractivity contribution in [1.29, 1.82) is 0 Å². The first-order chi connectivity index (χ1) is 15.3. The molecule has 0 unspecified atom stereocenters. The van der Waals surface area contributed by atoms with Gasteiger partial charge in [-0.15, -0.1) is 0 Å². The van der Waals surface area contributed by atoms with Gasteiger partial charge < -0.3 is 40.9 Å². The van der Waals surface area contributed by atoms with E-state index >= 15 is 0 Å². The van der Waals surface area contributed by atoms with E-state index in [0.717, 1.165) is 0 Å². The molecule has 0 bridgehead atoms. The van der Waals surface area contributed by atoms with E-state index in [2.05, 4.69) is 9.98 Å². The molecule has 0 aromatic heterocycles.